The lowest BCUT2D eigenvalue weighted by Crippen LogP contribution is -2.48. The Morgan fingerprint density at radius 2 is 1.68 bits per heavy atom. The molecule has 6 nitrogen and oxygen atoms in total. The van der Waals surface area contributed by atoms with Crippen molar-refractivity contribution in [3.05, 3.63) is 65.7 Å². The summed E-state index contributed by atoms with van der Waals surface area (Å²) < 4.78 is 0. The van der Waals surface area contributed by atoms with Gasteiger partial charge in [-0.2, -0.15) is 0 Å². The molecular weight excluding hydrogens is 320 g/mol. The van der Waals surface area contributed by atoms with Gasteiger partial charge in [-0.3, -0.25) is 4.79 Å². The number of carboxylic acid groups (broad SMARTS) is 1. The molecule has 0 saturated heterocycles. The molecule has 25 heavy (non-hydrogen) atoms. The van der Waals surface area contributed by atoms with E-state index in [4.69, 9.17) is 5.11 Å². The number of likely N-dealkylation sites (N-methyl/N-ethyl adjacent to an activating group) is 1. The van der Waals surface area contributed by atoms with Crippen LogP contribution in [-0.4, -0.2) is 46.7 Å². The Morgan fingerprint density at radius 3 is 2.28 bits per heavy atom. The quantitative estimate of drug-likeness (QED) is 0.720. The van der Waals surface area contributed by atoms with Crippen molar-refractivity contribution in [2.45, 2.75) is 18.9 Å². The van der Waals surface area contributed by atoms with Crippen LogP contribution in [0.1, 0.15) is 11.1 Å². The zero-order valence-corrected chi connectivity index (χ0v) is 14.1. The summed E-state index contributed by atoms with van der Waals surface area (Å²) in [7, 11) is 1.67. The lowest BCUT2D eigenvalue weighted by Gasteiger charge is -2.24. The van der Waals surface area contributed by atoms with Crippen molar-refractivity contribution in [3.63, 3.8) is 0 Å². The zero-order valence-electron chi connectivity index (χ0n) is 14.1. The summed E-state index contributed by atoms with van der Waals surface area (Å²) in [5.74, 6) is -0.163. The van der Waals surface area contributed by atoms with E-state index >= 15 is 0 Å². The van der Waals surface area contributed by atoms with Gasteiger partial charge in [-0.05, 0) is 29.7 Å². The number of nitrogens with one attached hydrogen (secondary N) is 1. The van der Waals surface area contributed by atoms with Crippen molar-refractivity contribution in [2.75, 3.05) is 13.6 Å². The largest absolute Gasteiger partial charge is 0.508 e. The van der Waals surface area contributed by atoms with Gasteiger partial charge in [0.2, 0.25) is 5.91 Å². The molecule has 0 saturated carbocycles. The first-order chi connectivity index (χ1) is 12.0. The molecule has 0 spiro atoms. The van der Waals surface area contributed by atoms with Crippen molar-refractivity contribution in [3.8, 4) is 5.75 Å². The van der Waals surface area contributed by atoms with E-state index in [0.29, 0.717) is 13.0 Å². The highest BCUT2D eigenvalue weighted by Crippen LogP contribution is 2.12. The van der Waals surface area contributed by atoms with Crippen molar-refractivity contribution in [2.24, 2.45) is 0 Å². The average molecular weight is 342 g/mol. The lowest BCUT2D eigenvalue weighted by molar-refractivity contribution is -0.131. The zero-order chi connectivity index (χ0) is 18.2. The maximum atomic E-state index is 12.6. The van der Waals surface area contributed by atoms with Crippen LogP contribution in [-0.2, 0) is 17.6 Å². The highest BCUT2D eigenvalue weighted by atomic mass is 16.4. The van der Waals surface area contributed by atoms with E-state index in [1.54, 1.807) is 19.2 Å². The van der Waals surface area contributed by atoms with Gasteiger partial charge in [0.15, 0.2) is 0 Å². The Bertz CT molecular complexity index is 701. The molecule has 0 radical (unpaired) electrons. The summed E-state index contributed by atoms with van der Waals surface area (Å²) in [5, 5.41) is 20.6. The van der Waals surface area contributed by atoms with E-state index in [9.17, 15) is 14.7 Å². The molecular formula is C19H22N2O4. The molecule has 0 unspecified atom stereocenters. The van der Waals surface area contributed by atoms with E-state index in [-0.39, 0.29) is 18.1 Å². The number of benzene rings is 2. The van der Waals surface area contributed by atoms with Gasteiger partial charge >= 0.3 is 6.09 Å². The number of nitrogens with zero attached hydrogens (tertiary/aromatic N) is 1. The number of phenolic OH excluding ortho intramolecular Hbond substituents is 1. The number of amides is 2. The molecule has 0 aliphatic rings. The van der Waals surface area contributed by atoms with Crippen LogP contribution in [0.4, 0.5) is 4.79 Å². The van der Waals surface area contributed by atoms with Gasteiger partial charge in [-0.1, -0.05) is 42.5 Å². The molecule has 132 valence electrons. The number of hydrogen-bond acceptors (Lipinski definition) is 3. The second-order valence-corrected chi connectivity index (χ2v) is 5.87. The Labute approximate surface area is 146 Å². The fourth-order valence-corrected chi connectivity index (χ4v) is 2.53. The fourth-order valence-electron chi connectivity index (χ4n) is 2.53. The Kier molecular flexibility index (Phi) is 6.39. The minimum absolute atomic E-state index is 0.123. The summed E-state index contributed by atoms with van der Waals surface area (Å²) in [5.41, 5.74) is 1.88. The highest BCUT2D eigenvalue weighted by Gasteiger charge is 2.24. The van der Waals surface area contributed by atoms with Crippen LogP contribution in [0, 0.1) is 0 Å². The van der Waals surface area contributed by atoms with Crippen LogP contribution in [0.2, 0.25) is 0 Å². The first-order valence-corrected chi connectivity index (χ1v) is 8.02. The minimum Gasteiger partial charge on any atom is -0.508 e. The molecule has 2 rings (SSSR count). The molecule has 6 heteroatoms. The van der Waals surface area contributed by atoms with Crippen molar-refractivity contribution < 1.29 is 19.8 Å². The molecule has 0 aliphatic heterocycles. The maximum Gasteiger partial charge on any atom is 0.405 e. The van der Waals surface area contributed by atoms with Crippen LogP contribution >= 0.6 is 0 Å². The van der Waals surface area contributed by atoms with Gasteiger partial charge in [-0.15, -0.1) is 0 Å². The topological polar surface area (TPSA) is 89.9 Å². The summed E-state index contributed by atoms with van der Waals surface area (Å²) >= 11 is 0. The van der Waals surface area contributed by atoms with Gasteiger partial charge in [0.1, 0.15) is 11.8 Å². The number of phenols is 1. The third-order valence-electron chi connectivity index (χ3n) is 3.93. The monoisotopic (exact) mass is 342 g/mol. The van der Waals surface area contributed by atoms with E-state index in [0.717, 1.165) is 11.1 Å². The number of carbonyl (C=O) groups excluding carboxylic acids is 1. The summed E-state index contributed by atoms with van der Waals surface area (Å²) in [6.45, 7) is 0.496. The van der Waals surface area contributed by atoms with Gasteiger partial charge < -0.3 is 20.4 Å². The molecule has 0 bridgehead atoms. The van der Waals surface area contributed by atoms with Crippen LogP contribution in [0.5, 0.6) is 5.75 Å². The van der Waals surface area contributed by atoms with E-state index in [2.05, 4.69) is 5.32 Å². The molecule has 2 aromatic rings. The number of carbonyl (C=O) groups is 2. The van der Waals surface area contributed by atoms with Crippen LogP contribution in [0.25, 0.3) is 0 Å². The van der Waals surface area contributed by atoms with Gasteiger partial charge in [0.25, 0.3) is 0 Å². The molecule has 0 aliphatic carbocycles. The van der Waals surface area contributed by atoms with Crippen molar-refractivity contribution in [1.82, 2.24) is 10.2 Å². The minimum atomic E-state index is -1.24. The second kappa shape index (κ2) is 8.73. The number of rotatable bonds is 7. The molecule has 0 fully saturated rings. The predicted molar refractivity (Wildman–Crippen MR) is 94.5 cm³/mol. The van der Waals surface area contributed by atoms with Crippen molar-refractivity contribution in [1.29, 1.82) is 0 Å². The highest BCUT2D eigenvalue weighted by molar-refractivity contribution is 5.85. The van der Waals surface area contributed by atoms with Crippen LogP contribution in [0.3, 0.4) is 0 Å². The molecule has 2 amide bonds. The Morgan fingerprint density at radius 1 is 1.04 bits per heavy atom. The van der Waals surface area contributed by atoms with Crippen molar-refractivity contribution >= 4 is 12.0 Å². The predicted octanol–water partition coefficient (Wildman–Crippen LogP) is 2.27. The van der Waals surface area contributed by atoms with E-state index < -0.39 is 12.1 Å². The van der Waals surface area contributed by atoms with Gasteiger partial charge in [-0.25, -0.2) is 4.79 Å². The number of hydrogen-bond donors (Lipinski definition) is 3. The smallest absolute Gasteiger partial charge is 0.405 e. The average Bonchev–Trinajstić information content (AvgIpc) is 2.61. The summed E-state index contributed by atoms with van der Waals surface area (Å²) in [6.07, 6.45) is -0.322. The fraction of sp³-hybridized carbons (Fsp3) is 0.263. The Hall–Kier alpha value is -3.02. The summed E-state index contributed by atoms with van der Waals surface area (Å²) in [4.78, 5) is 25.2. The molecule has 2 aromatic carbocycles. The first kappa shape index (κ1) is 18.3. The number of aromatic hydroxyl groups is 1. The van der Waals surface area contributed by atoms with Crippen LogP contribution < -0.4 is 5.32 Å². The van der Waals surface area contributed by atoms with Gasteiger partial charge in [0.05, 0.1) is 0 Å². The SMILES string of the molecule is CN(CCc1ccccc1)C(=O)[C@H](Cc1ccc(O)cc1)NC(=O)O. The third-order valence-corrected chi connectivity index (χ3v) is 3.93. The summed E-state index contributed by atoms with van der Waals surface area (Å²) in [6, 6.07) is 15.3. The lowest BCUT2D eigenvalue weighted by atomic mass is 10.0. The molecule has 3 N–H and O–H groups in total. The van der Waals surface area contributed by atoms with E-state index in [1.807, 2.05) is 30.3 Å². The first-order valence-electron chi connectivity index (χ1n) is 8.02. The van der Waals surface area contributed by atoms with Gasteiger partial charge in [0, 0.05) is 20.0 Å². The second-order valence-electron chi connectivity index (χ2n) is 5.87. The normalized spacial score (nSPS) is 11.6. The molecule has 0 aromatic heterocycles. The maximum absolute atomic E-state index is 12.6. The Balaban J connectivity index is 2.00. The van der Waals surface area contributed by atoms with Crippen LogP contribution in [0.15, 0.2) is 54.6 Å². The molecule has 1 atom stereocenters. The molecule has 0 heterocycles. The standard InChI is InChI=1S/C19H22N2O4/c1-21(12-11-14-5-3-2-4-6-14)18(23)17(20-19(24)25)13-15-7-9-16(22)10-8-15/h2-10,17,20,22H,11-13H2,1H3,(H,24,25)/t17-/m0/s1. The van der Waals surface area contributed by atoms with E-state index in [1.165, 1.54) is 17.0 Å². The third kappa shape index (κ3) is 5.84.